The quantitative estimate of drug-likeness (QED) is 0.837. The first-order valence-electron chi connectivity index (χ1n) is 5.39. The van der Waals surface area contributed by atoms with Crippen LogP contribution in [0, 0.1) is 6.92 Å². The lowest BCUT2D eigenvalue weighted by atomic mass is 10.1. The number of hydrogen-bond donors (Lipinski definition) is 1. The van der Waals surface area contributed by atoms with E-state index in [1.165, 1.54) is 0 Å². The Morgan fingerprint density at radius 1 is 1.18 bits per heavy atom. The highest BCUT2D eigenvalue weighted by Crippen LogP contribution is 2.23. The number of rotatable bonds is 3. The topological polar surface area (TPSA) is 35.2 Å². The fourth-order valence-corrected chi connectivity index (χ4v) is 1.83. The second-order valence-electron chi connectivity index (χ2n) is 3.92. The maximum atomic E-state index is 6.12. The number of benzene rings is 2. The Bertz CT molecular complexity index is 525. The van der Waals surface area contributed by atoms with Gasteiger partial charge in [0.2, 0.25) is 0 Å². The smallest absolute Gasteiger partial charge is 0.142 e. The molecule has 88 valence electrons. The van der Waals surface area contributed by atoms with Crippen molar-refractivity contribution in [2.24, 2.45) is 0 Å². The molecule has 2 rings (SSSR count). The first kappa shape index (κ1) is 11.8. The van der Waals surface area contributed by atoms with Crippen molar-refractivity contribution < 1.29 is 4.74 Å². The van der Waals surface area contributed by atoms with E-state index < -0.39 is 0 Å². The number of halogens is 1. The van der Waals surface area contributed by atoms with Gasteiger partial charge in [-0.25, -0.2) is 0 Å². The van der Waals surface area contributed by atoms with Crippen LogP contribution in [0.2, 0.25) is 5.02 Å². The Labute approximate surface area is 106 Å². The molecule has 0 aromatic heterocycles. The molecule has 17 heavy (non-hydrogen) atoms. The van der Waals surface area contributed by atoms with Gasteiger partial charge in [-0.05, 0) is 30.7 Å². The van der Waals surface area contributed by atoms with Crippen LogP contribution in [0.4, 0.5) is 5.69 Å². The number of hydrogen-bond acceptors (Lipinski definition) is 2. The summed E-state index contributed by atoms with van der Waals surface area (Å²) in [5, 5.41) is 0.722. The van der Waals surface area contributed by atoms with Gasteiger partial charge < -0.3 is 10.5 Å². The maximum Gasteiger partial charge on any atom is 0.142 e. The maximum absolute atomic E-state index is 6.12. The average molecular weight is 248 g/mol. The monoisotopic (exact) mass is 247 g/mol. The molecule has 0 aliphatic carbocycles. The third-order valence-electron chi connectivity index (χ3n) is 2.51. The van der Waals surface area contributed by atoms with Gasteiger partial charge in [0, 0.05) is 10.6 Å². The van der Waals surface area contributed by atoms with Gasteiger partial charge in [-0.2, -0.15) is 0 Å². The lowest BCUT2D eigenvalue weighted by molar-refractivity contribution is 0.308. The zero-order valence-corrected chi connectivity index (χ0v) is 10.4. The highest BCUT2D eigenvalue weighted by atomic mass is 35.5. The molecule has 0 heterocycles. The minimum Gasteiger partial charge on any atom is -0.487 e. The van der Waals surface area contributed by atoms with Gasteiger partial charge in [-0.3, -0.25) is 0 Å². The van der Waals surface area contributed by atoms with Crippen LogP contribution in [0.3, 0.4) is 0 Å². The second-order valence-corrected chi connectivity index (χ2v) is 4.33. The van der Waals surface area contributed by atoms with Crippen molar-refractivity contribution in [3.8, 4) is 5.75 Å². The van der Waals surface area contributed by atoms with Crippen LogP contribution < -0.4 is 10.5 Å². The van der Waals surface area contributed by atoms with E-state index in [9.17, 15) is 0 Å². The molecule has 2 aromatic rings. The van der Waals surface area contributed by atoms with Gasteiger partial charge in [0.1, 0.15) is 12.4 Å². The van der Waals surface area contributed by atoms with Crippen molar-refractivity contribution in [2.75, 3.05) is 5.73 Å². The molecule has 3 heteroatoms. The van der Waals surface area contributed by atoms with Gasteiger partial charge in [-0.1, -0.05) is 35.9 Å². The molecule has 2 nitrogen and oxygen atoms in total. The molecule has 0 atom stereocenters. The second kappa shape index (κ2) is 5.11. The average Bonchev–Trinajstić information content (AvgIpc) is 2.30. The number of nitrogen functional groups attached to an aromatic ring is 1. The standard InChI is InChI=1S/C14H14ClNO/c1-10-6-7-11(12(15)8-10)9-17-14-5-3-2-4-13(14)16/h2-8H,9,16H2,1H3. The van der Waals surface area contributed by atoms with Crippen LogP contribution >= 0.6 is 11.6 Å². The summed E-state index contributed by atoms with van der Waals surface area (Å²) in [6, 6.07) is 13.3. The predicted octanol–water partition coefficient (Wildman–Crippen LogP) is 3.81. The molecule has 0 bridgehead atoms. The summed E-state index contributed by atoms with van der Waals surface area (Å²) >= 11 is 6.12. The number of anilines is 1. The Balaban J connectivity index is 2.10. The van der Waals surface area contributed by atoms with E-state index >= 15 is 0 Å². The highest BCUT2D eigenvalue weighted by molar-refractivity contribution is 6.31. The van der Waals surface area contributed by atoms with Crippen molar-refractivity contribution >= 4 is 17.3 Å². The molecule has 0 fully saturated rings. The Kier molecular flexibility index (Phi) is 3.55. The van der Waals surface area contributed by atoms with Crippen molar-refractivity contribution in [1.82, 2.24) is 0 Å². The number of aryl methyl sites for hydroxylation is 1. The van der Waals surface area contributed by atoms with Crippen LogP contribution in [0.5, 0.6) is 5.75 Å². The van der Waals surface area contributed by atoms with E-state index in [-0.39, 0.29) is 0 Å². The fourth-order valence-electron chi connectivity index (χ4n) is 1.54. The summed E-state index contributed by atoms with van der Waals surface area (Å²) in [4.78, 5) is 0. The summed E-state index contributed by atoms with van der Waals surface area (Å²) in [6.07, 6.45) is 0. The van der Waals surface area contributed by atoms with E-state index in [0.717, 1.165) is 16.1 Å². The van der Waals surface area contributed by atoms with Crippen LogP contribution in [0.15, 0.2) is 42.5 Å². The normalized spacial score (nSPS) is 10.2. The third kappa shape index (κ3) is 2.92. The Hall–Kier alpha value is -1.67. The molecular formula is C14H14ClNO. The van der Waals surface area contributed by atoms with E-state index in [1.807, 2.05) is 49.4 Å². The molecule has 0 aliphatic heterocycles. The van der Waals surface area contributed by atoms with Gasteiger partial charge >= 0.3 is 0 Å². The Morgan fingerprint density at radius 3 is 2.65 bits per heavy atom. The first-order chi connectivity index (χ1) is 8.16. The minimum absolute atomic E-state index is 0.424. The largest absolute Gasteiger partial charge is 0.487 e. The summed E-state index contributed by atoms with van der Waals surface area (Å²) < 4.78 is 5.63. The molecule has 0 spiro atoms. The van der Waals surface area contributed by atoms with Crippen LogP contribution in [0.25, 0.3) is 0 Å². The van der Waals surface area contributed by atoms with Crippen molar-refractivity contribution in [3.05, 3.63) is 58.6 Å². The van der Waals surface area contributed by atoms with E-state index in [0.29, 0.717) is 18.0 Å². The van der Waals surface area contributed by atoms with Gasteiger partial charge in [0.15, 0.2) is 0 Å². The van der Waals surface area contributed by atoms with Crippen LogP contribution in [-0.4, -0.2) is 0 Å². The first-order valence-corrected chi connectivity index (χ1v) is 5.77. The van der Waals surface area contributed by atoms with Crippen LogP contribution in [0.1, 0.15) is 11.1 Å². The summed E-state index contributed by atoms with van der Waals surface area (Å²) in [7, 11) is 0. The molecule has 0 aliphatic rings. The highest BCUT2D eigenvalue weighted by Gasteiger charge is 2.03. The summed E-state index contributed by atoms with van der Waals surface area (Å²) in [6.45, 7) is 2.43. The van der Waals surface area contributed by atoms with Gasteiger partial charge in [0.05, 0.1) is 5.69 Å². The van der Waals surface area contributed by atoms with Crippen molar-refractivity contribution in [2.45, 2.75) is 13.5 Å². The van der Waals surface area contributed by atoms with Gasteiger partial charge in [-0.15, -0.1) is 0 Å². The number of nitrogens with two attached hydrogens (primary N) is 1. The van der Waals surface area contributed by atoms with Crippen LogP contribution in [-0.2, 0) is 6.61 Å². The molecule has 0 unspecified atom stereocenters. The fraction of sp³-hybridized carbons (Fsp3) is 0.143. The van der Waals surface area contributed by atoms with E-state index in [4.69, 9.17) is 22.1 Å². The SMILES string of the molecule is Cc1ccc(COc2ccccc2N)c(Cl)c1. The number of ether oxygens (including phenoxy) is 1. The van der Waals surface area contributed by atoms with Crippen molar-refractivity contribution in [3.63, 3.8) is 0 Å². The lowest BCUT2D eigenvalue weighted by Gasteiger charge is -2.10. The number of para-hydroxylation sites is 2. The minimum atomic E-state index is 0.424. The van der Waals surface area contributed by atoms with Crippen molar-refractivity contribution in [1.29, 1.82) is 0 Å². The molecule has 0 amide bonds. The zero-order chi connectivity index (χ0) is 12.3. The molecule has 0 saturated heterocycles. The predicted molar refractivity (Wildman–Crippen MR) is 71.4 cm³/mol. The molecule has 2 aromatic carbocycles. The Morgan fingerprint density at radius 2 is 1.94 bits per heavy atom. The molecule has 0 saturated carbocycles. The van der Waals surface area contributed by atoms with E-state index in [2.05, 4.69) is 0 Å². The molecule has 2 N–H and O–H groups in total. The summed E-state index contributed by atoms with van der Waals surface area (Å²) in [5.41, 5.74) is 8.52. The molecular weight excluding hydrogens is 234 g/mol. The van der Waals surface area contributed by atoms with E-state index in [1.54, 1.807) is 0 Å². The zero-order valence-electron chi connectivity index (χ0n) is 9.61. The van der Waals surface area contributed by atoms with Gasteiger partial charge in [0.25, 0.3) is 0 Å². The third-order valence-corrected chi connectivity index (χ3v) is 2.86. The summed E-state index contributed by atoms with van der Waals surface area (Å²) in [5.74, 6) is 0.684. The molecule has 0 radical (unpaired) electrons. The lowest BCUT2D eigenvalue weighted by Crippen LogP contribution is -1.99.